The molecular formula is C15H23N3O3S. The van der Waals surface area contributed by atoms with Gasteiger partial charge in [-0.25, -0.2) is 8.42 Å². The van der Waals surface area contributed by atoms with Gasteiger partial charge in [0.25, 0.3) is 0 Å². The zero-order valence-corrected chi connectivity index (χ0v) is 13.7. The van der Waals surface area contributed by atoms with Crippen LogP contribution in [0.5, 0.6) is 5.75 Å². The maximum atomic E-state index is 12.9. The van der Waals surface area contributed by atoms with Crippen LogP contribution >= 0.6 is 0 Å². The lowest BCUT2D eigenvalue weighted by molar-refractivity contribution is 0.179. The van der Waals surface area contributed by atoms with E-state index in [2.05, 4.69) is 10.2 Å². The summed E-state index contributed by atoms with van der Waals surface area (Å²) in [6.45, 7) is 5.10. The van der Waals surface area contributed by atoms with Crippen molar-refractivity contribution in [1.82, 2.24) is 14.5 Å². The van der Waals surface area contributed by atoms with Crippen molar-refractivity contribution in [1.29, 1.82) is 0 Å². The van der Waals surface area contributed by atoms with Crippen LogP contribution in [0.3, 0.4) is 0 Å². The quantitative estimate of drug-likeness (QED) is 0.866. The summed E-state index contributed by atoms with van der Waals surface area (Å²) in [6, 6.07) is 7.15. The number of rotatable bonds is 4. The van der Waals surface area contributed by atoms with E-state index in [0.29, 0.717) is 24.9 Å². The summed E-state index contributed by atoms with van der Waals surface area (Å²) in [6.07, 6.45) is 0.897. The van der Waals surface area contributed by atoms with E-state index in [-0.39, 0.29) is 4.90 Å². The third-order valence-corrected chi connectivity index (χ3v) is 6.39. The lowest BCUT2D eigenvalue weighted by atomic mass is 10.2. The van der Waals surface area contributed by atoms with Crippen LogP contribution in [0.15, 0.2) is 29.2 Å². The Hall–Kier alpha value is -1.15. The normalized spacial score (nSPS) is 24.5. The summed E-state index contributed by atoms with van der Waals surface area (Å²) < 4.78 is 32.5. The fraction of sp³-hybridized carbons (Fsp3) is 0.600. The molecule has 3 rings (SSSR count). The minimum atomic E-state index is -3.49. The lowest BCUT2D eigenvalue weighted by Crippen LogP contribution is -2.49. The fourth-order valence-corrected chi connectivity index (χ4v) is 4.89. The molecule has 122 valence electrons. The van der Waals surface area contributed by atoms with Gasteiger partial charge in [-0.2, -0.15) is 4.31 Å². The highest BCUT2D eigenvalue weighted by Gasteiger charge is 2.36. The number of nitrogens with one attached hydrogen (secondary N) is 1. The summed E-state index contributed by atoms with van der Waals surface area (Å²) in [4.78, 5) is 2.66. The standard InChI is InChI=1S/C15H23N3O3S/c1-21-14-4-2-3-5-15(14)22(19,20)18-9-6-13(12-18)17-10-7-16-8-11-17/h2-5,13,16H,6-12H2,1H3. The molecule has 2 heterocycles. The number of hydrogen-bond acceptors (Lipinski definition) is 5. The second-order valence-electron chi connectivity index (χ2n) is 5.74. The predicted molar refractivity (Wildman–Crippen MR) is 84.6 cm³/mol. The Morgan fingerprint density at radius 2 is 1.91 bits per heavy atom. The monoisotopic (exact) mass is 325 g/mol. The Bertz CT molecular complexity index is 614. The Labute approximate surface area is 132 Å². The van der Waals surface area contributed by atoms with Crippen LogP contribution in [0.1, 0.15) is 6.42 Å². The summed E-state index contributed by atoms with van der Waals surface area (Å²) in [5.74, 6) is 0.410. The van der Waals surface area contributed by atoms with E-state index in [1.54, 1.807) is 28.6 Å². The average Bonchev–Trinajstić information content (AvgIpc) is 3.06. The zero-order valence-electron chi connectivity index (χ0n) is 12.9. The molecule has 0 saturated carbocycles. The maximum absolute atomic E-state index is 12.9. The van der Waals surface area contributed by atoms with Crippen LogP contribution in [0, 0.1) is 0 Å². The minimum Gasteiger partial charge on any atom is -0.495 e. The first-order valence-corrected chi connectivity index (χ1v) is 9.15. The van der Waals surface area contributed by atoms with Crippen molar-refractivity contribution in [2.75, 3.05) is 46.4 Å². The molecule has 6 nitrogen and oxygen atoms in total. The van der Waals surface area contributed by atoms with Crippen molar-refractivity contribution in [2.24, 2.45) is 0 Å². The largest absolute Gasteiger partial charge is 0.495 e. The van der Waals surface area contributed by atoms with E-state index < -0.39 is 10.0 Å². The molecular weight excluding hydrogens is 302 g/mol. The molecule has 1 unspecified atom stereocenters. The van der Waals surface area contributed by atoms with Crippen LogP contribution in [0.4, 0.5) is 0 Å². The fourth-order valence-electron chi connectivity index (χ4n) is 3.25. The van der Waals surface area contributed by atoms with Crippen molar-refractivity contribution in [3.8, 4) is 5.75 Å². The number of piperazine rings is 1. The van der Waals surface area contributed by atoms with Crippen LogP contribution in [0.2, 0.25) is 0 Å². The van der Waals surface area contributed by atoms with Crippen molar-refractivity contribution in [3.63, 3.8) is 0 Å². The highest BCUT2D eigenvalue weighted by atomic mass is 32.2. The molecule has 2 aliphatic heterocycles. The van der Waals surface area contributed by atoms with Gasteiger partial charge in [0.1, 0.15) is 10.6 Å². The maximum Gasteiger partial charge on any atom is 0.246 e. The lowest BCUT2D eigenvalue weighted by Gasteiger charge is -2.32. The van der Waals surface area contributed by atoms with Crippen molar-refractivity contribution in [3.05, 3.63) is 24.3 Å². The van der Waals surface area contributed by atoms with Crippen LogP contribution in [-0.4, -0.2) is 70.0 Å². The van der Waals surface area contributed by atoms with Gasteiger partial charge in [-0.1, -0.05) is 12.1 Å². The van der Waals surface area contributed by atoms with Crippen molar-refractivity contribution < 1.29 is 13.2 Å². The molecule has 0 aromatic heterocycles. The smallest absolute Gasteiger partial charge is 0.246 e. The third kappa shape index (κ3) is 2.99. The second kappa shape index (κ2) is 6.54. The summed E-state index contributed by atoms with van der Waals surface area (Å²) >= 11 is 0. The molecule has 0 aliphatic carbocycles. The molecule has 1 atom stereocenters. The Morgan fingerprint density at radius 1 is 1.18 bits per heavy atom. The van der Waals surface area contributed by atoms with Crippen molar-refractivity contribution >= 4 is 10.0 Å². The third-order valence-electron chi connectivity index (χ3n) is 4.48. The number of ether oxygens (including phenoxy) is 1. The van der Waals surface area contributed by atoms with E-state index in [0.717, 1.165) is 32.6 Å². The minimum absolute atomic E-state index is 0.262. The Morgan fingerprint density at radius 3 is 2.64 bits per heavy atom. The molecule has 2 fully saturated rings. The summed E-state index contributed by atoms with van der Waals surface area (Å²) in [5.41, 5.74) is 0. The van der Waals surface area contributed by atoms with E-state index in [9.17, 15) is 8.42 Å². The molecule has 0 bridgehead atoms. The van der Waals surface area contributed by atoms with E-state index in [4.69, 9.17) is 4.74 Å². The van der Waals surface area contributed by atoms with Crippen LogP contribution in [-0.2, 0) is 10.0 Å². The first-order chi connectivity index (χ1) is 10.6. The van der Waals surface area contributed by atoms with E-state index in [1.165, 1.54) is 7.11 Å². The second-order valence-corrected chi connectivity index (χ2v) is 7.65. The van der Waals surface area contributed by atoms with E-state index >= 15 is 0 Å². The number of benzene rings is 1. The highest BCUT2D eigenvalue weighted by Crippen LogP contribution is 2.29. The molecule has 0 radical (unpaired) electrons. The number of methoxy groups -OCH3 is 1. The topological polar surface area (TPSA) is 61.9 Å². The molecule has 1 aromatic carbocycles. The molecule has 1 aromatic rings. The van der Waals surface area contributed by atoms with Gasteiger partial charge in [0.2, 0.25) is 10.0 Å². The van der Waals surface area contributed by atoms with E-state index in [1.807, 2.05) is 0 Å². The number of nitrogens with zero attached hydrogens (tertiary/aromatic N) is 2. The van der Waals surface area contributed by atoms with Gasteiger partial charge in [-0.05, 0) is 18.6 Å². The van der Waals surface area contributed by atoms with Gasteiger partial charge in [-0.3, -0.25) is 4.90 Å². The number of hydrogen-bond donors (Lipinski definition) is 1. The SMILES string of the molecule is COc1ccccc1S(=O)(=O)N1CCC(N2CCNCC2)C1. The Kier molecular flexibility index (Phi) is 4.67. The molecule has 0 spiro atoms. The van der Waals surface area contributed by atoms with Crippen LogP contribution in [0.25, 0.3) is 0 Å². The van der Waals surface area contributed by atoms with Gasteiger partial charge < -0.3 is 10.1 Å². The Balaban J connectivity index is 1.76. The summed E-state index contributed by atoms with van der Waals surface area (Å²) in [7, 11) is -1.99. The molecule has 7 heteroatoms. The van der Waals surface area contributed by atoms with Gasteiger partial charge in [0.15, 0.2) is 0 Å². The number of sulfonamides is 1. The van der Waals surface area contributed by atoms with Crippen LogP contribution < -0.4 is 10.1 Å². The zero-order chi connectivity index (χ0) is 15.6. The molecule has 22 heavy (non-hydrogen) atoms. The molecule has 2 aliphatic rings. The predicted octanol–water partition coefficient (Wildman–Crippen LogP) is 0.363. The molecule has 2 saturated heterocycles. The first-order valence-electron chi connectivity index (χ1n) is 7.71. The highest BCUT2D eigenvalue weighted by molar-refractivity contribution is 7.89. The van der Waals surface area contributed by atoms with Gasteiger partial charge in [0, 0.05) is 45.3 Å². The molecule has 0 amide bonds. The van der Waals surface area contributed by atoms with Gasteiger partial charge in [0.05, 0.1) is 7.11 Å². The average molecular weight is 325 g/mol. The van der Waals surface area contributed by atoms with Gasteiger partial charge in [-0.15, -0.1) is 0 Å². The summed E-state index contributed by atoms with van der Waals surface area (Å²) in [5, 5.41) is 3.33. The molecule has 1 N–H and O–H groups in total. The number of para-hydroxylation sites is 1. The van der Waals surface area contributed by atoms with Gasteiger partial charge >= 0.3 is 0 Å². The first kappa shape index (κ1) is 15.7. The van der Waals surface area contributed by atoms with Crippen molar-refractivity contribution in [2.45, 2.75) is 17.4 Å².